The maximum atomic E-state index is 12.3. The first-order valence-corrected chi connectivity index (χ1v) is 8.85. The topological polar surface area (TPSA) is 151 Å². The molecule has 9 heteroatoms. The summed E-state index contributed by atoms with van der Waals surface area (Å²) in [6.07, 6.45) is 0.925. The summed E-state index contributed by atoms with van der Waals surface area (Å²) in [4.78, 5) is 47.2. The number of amides is 3. The number of nitrogens with one attached hydrogen (secondary N) is 3. The largest absolute Gasteiger partial charge is 0.480 e. The van der Waals surface area contributed by atoms with E-state index >= 15 is 0 Å². The molecule has 26 heavy (non-hydrogen) atoms. The Labute approximate surface area is 154 Å². The lowest BCUT2D eigenvalue weighted by Gasteiger charge is -2.24. The summed E-state index contributed by atoms with van der Waals surface area (Å²) in [5.74, 6) is -2.77. The minimum Gasteiger partial charge on any atom is -0.480 e. The van der Waals surface area contributed by atoms with Crippen LogP contribution >= 0.6 is 0 Å². The SMILES string of the molecule is CCC(C)C(NC(=O)C(C)N)C(=O)NCC(=O)NC(CC(C)C)C(=O)O. The van der Waals surface area contributed by atoms with Crippen LogP contribution in [0.15, 0.2) is 0 Å². The zero-order valence-corrected chi connectivity index (χ0v) is 16.2. The molecular weight excluding hydrogens is 340 g/mol. The zero-order chi connectivity index (χ0) is 20.4. The van der Waals surface area contributed by atoms with E-state index in [-0.39, 0.29) is 24.8 Å². The van der Waals surface area contributed by atoms with Gasteiger partial charge in [0.25, 0.3) is 0 Å². The number of carbonyl (C=O) groups excluding carboxylic acids is 3. The van der Waals surface area contributed by atoms with E-state index in [1.54, 1.807) is 6.92 Å². The molecule has 150 valence electrons. The standard InChI is InChI=1S/C17H32N4O5/c1-6-10(4)14(21-15(23)11(5)18)16(24)19-8-13(22)20-12(17(25)26)7-9(2)3/h9-12,14H,6-8,18H2,1-5H3,(H,19,24)(H,20,22)(H,21,23)(H,25,26). The van der Waals surface area contributed by atoms with Gasteiger partial charge in [-0.25, -0.2) is 4.79 Å². The molecule has 3 amide bonds. The van der Waals surface area contributed by atoms with Gasteiger partial charge in [-0.05, 0) is 25.2 Å². The van der Waals surface area contributed by atoms with E-state index < -0.39 is 41.8 Å². The van der Waals surface area contributed by atoms with Crippen LogP contribution in [0.4, 0.5) is 0 Å². The molecule has 0 aliphatic heterocycles. The van der Waals surface area contributed by atoms with Gasteiger partial charge in [0.15, 0.2) is 0 Å². The first kappa shape index (κ1) is 23.8. The van der Waals surface area contributed by atoms with Gasteiger partial charge in [0.05, 0.1) is 12.6 Å². The van der Waals surface area contributed by atoms with Crippen LogP contribution in [0, 0.1) is 11.8 Å². The molecule has 0 heterocycles. The summed E-state index contributed by atoms with van der Waals surface area (Å²) in [7, 11) is 0. The molecule has 0 aliphatic carbocycles. The van der Waals surface area contributed by atoms with Crippen molar-refractivity contribution in [2.75, 3.05) is 6.54 Å². The monoisotopic (exact) mass is 372 g/mol. The van der Waals surface area contributed by atoms with Crippen LogP contribution < -0.4 is 21.7 Å². The quantitative estimate of drug-likeness (QED) is 0.333. The Morgan fingerprint density at radius 3 is 2.00 bits per heavy atom. The predicted octanol–water partition coefficient (Wildman–Crippen LogP) is -0.404. The van der Waals surface area contributed by atoms with Crippen LogP contribution in [-0.4, -0.2) is 53.5 Å². The first-order valence-electron chi connectivity index (χ1n) is 8.85. The van der Waals surface area contributed by atoms with E-state index in [4.69, 9.17) is 10.8 Å². The molecule has 0 aliphatic rings. The van der Waals surface area contributed by atoms with Crippen molar-refractivity contribution >= 4 is 23.7 Å². The van der Waals surface area contributed by atoms with Crippen molar-refractivity contribution < 1.29 is 24.3 Å². The van der Waals surface area contributed by atoms with Crippen LogP contribution in [-0.2, 0) is 19.2 Å². The Morgan fingerprint density at radius 2 is 1.58 bits per heavy atom. The second kappa shape index (κ2) is 11.5. The molecule has 0 rings (SSSR count). The summed E-state index contributed by atoms with van der Waals surface area (Å²) in [6, 6.07) is -2.59. The summed E-state index contributed by atoms with van der Waals surface area (Å²) in [6.45, 7) is 8.51. The average molecular weight is 372 g/mol. The van der Waals surface area contributed by atoms with Crippen molar-refractivity contribution in [3.05, 3.63) is 0 Å². The van der Waals surface area contributed by atoms with Gasteiger partial charge in [-0.1, -0.05) is 34.1 Å². The van der Waals surface area contributed by atoms with Gasteiger partial charge in [-0.15, -0.1) is 0 Å². The molecule has 9 nitrogen and oxygen atoms in total. The second-order valence-corrected chi connectivity index (χ2v) is 6.97. The Morgan fingerprint density at radius 1 is 1.00 bits per heavy atom. The highest BCUT2D eigenvalue weighted by atomic mass is 16.4. The number of nitrogens with two attached hydrogens (primary N) is 1. The Bertz CT molecular complexity index is 507. The van der Waals surface area contributed by atoms with E-state index in [9.17, 15) is 19.2 Å². The maximum Gasteiger partial charge on any atom is 0.326 e. The minimum atomic E-state index is -1.12. The average Bonchev–Trinajstić information content (AvgIpc) is 2.55. The molecular formula is C17H32N4O5. The van der Waals surface area contributed by atoms with Crippen LogP contribution in [0.5, 0.6) is 0 Å². The second-order valence-electron chi connectivity index (χ2n) is 6.97. The molecule has 4 unspecified atom stereocenters. The molecule has 4 atom stereocenters. The number of carboxylic acids is 1. The minimum absolute atomic E-state index is 0.0919. The predicted molar refractivity (Wildman–Crippen MR) is 97.1 cm³/mol. The van der Waals surface area contributed by atoms with E-state index in [0.717, 1.165) is 0 Å². The summed E-state index contributed by atoms with van der Waals surface area (Å²) >= 11 is 0. The van der Waals surface area contributed by atoms with Crippen LogP contribution in [0.3, 0.4) is 0 Å². The van der Waals surface area contributed by atoms with Crippen LogP contribution in [0.25, 0.3) is 0 Å². The third-order valence-corrected chi connectivity index (χ3v) is 3.97. The zero-order valence-electron chi connectivity index (χ0n) is 16.2. The maximum absolute atomic E-state index is 12.3. The fraction of sp³-hybridized carbons (Fsp3) is 0.765. The molecule has 0 aromatic carbocycles. The van der Waals surface area contributed by atoms with Gasteiger partial charge in [0.2, 0.25) is 17.7 Å². The number of hydrogen-bond donors (Lipinski definition) is 5. The van der Waals surface area contributed by atoms with Gasteiger partial charge < -0.3 is 26.8 Å². The molecule has 0 radical (unpaired) electrons. The first-order chi connectivity index (χ1) is 12.0. The number of carbonyl (C=O) groups is 4. The van der Waals surface area contributed by atoms with Crippen molar-refractivity contribution in [2.24, 2.45) is 17.6 Å². The van der Waals surface area contributed by atoms with Crippen molar-refractivity contribution in [3.8, 4) is 0 Å². The summed E-state index contributed by atoms with van der Waals surface area (Å²) < 4.78 is 0. The molecule has 0 fully saturated rings. The van der Waals surface area contributed by atoms with Gasteiger partial charge in [0.1, 0.15) is 12.1 Å². The van der Waals surface area contributed by atoms with Crippen LogP contribution in [0.2, 0.25) is 0 Å². The smallest absolute Gasteiger partial charge is 0.326 e. The van der Waals surface area contributed by atoms with Crippen LogP contribution in [0.1, 0.15) is 47.5 Å². The normalized spacial score (nSPS) is 15.5. The van der Waals surface area contributed by atoms with Gasteiger partial charge in [-0.3, -0.25) is 14.4 Å². The van der Waals surface area contributed by atoms with Gasteiger partial charge in [0, 0.05) is 0 Å². The van der Waals surface area contributed by atoms with Crippen molar-refractivity contribution in [2.45, 2.75) is 65.6 Å². The molecule has 0 aromatic rings. The van der Waals surface area contributed by atoms with E-state index in [0.29, 0.717) is 6.42 Å². The molecule has 0 saturated carbocycles. The lowest BCUT2D eigenvalue weighted by Crippen LogP contribution is -2.55. The fourth-order valence-corrected chi connectivity index (χ4v) is 2.20. The van der Waals surface area contributed by atoms with Crippen molar-refractivity contribution in [1.82, 2.24) is 16.0 Å². The van der Waals surface area contributed by atoms with E-state index in [1.807, 2.05) is 20.8 Å². The van der Waals surface area contributed by atoms with Gasteiger partial charge >= 0.3 is 5.97 Å². The summed E-state index contributed by atoms with van der Waals surface area (Å²) in [5.41, 5.74) is 5.51. The van der Waals surface area contributed by atoms with Gasteiger partial charge in [-0.2, -0.15) is 0 Å². The van der Waals surface area contributed by atoms with Crippen molar-refractivity contribution in [3.63, 3.8) is 0 Å². The molecule has 0 bridgehead atoms. The highest BCUT2D eigenvalue weighted by molar-refractivity contribution is 5.92. The Kier molecular flexibility index (Phi) is 10.5. The van der Waals surface area contributed by atoms with Crippen molar-refractivity contribution in [1.29, 1.82) is 0 Å². The number of aliphatic carboxylic acids is 1. The highest BCUT2D eigenvalue weighted by Gasteiger charge is 2.27. The number of hydrogen-bond acceptors (Lipinski definition) is 5. The summed E-state index contributed by atoms with van der Waals surface area (Å²) in [5, 5.41) is 16.5. The molecule has 6 N–H and O–H groups in total. The van der Waals surface area contributed by atoms with E-state index in [1.165, 1.54) is 6.92 Å². The Balaban J connectivity index is 4.76. The number of carboxylic acid groups (broad SMARTS) is 1. The third-order valence-electron chi connectivity index (χ3n) is 3.97. The highest BCUT2D eigenvalue weighted by Crippen LogP contribution is 2.08. The molecule has 0 spiro atoms. The molecule has 0 saturated heterocycles. The van der Waals surface area contributed by atoms with E-state index in [2.05, 4.69) is 16.0 Å². The third kappa shape index (κ3) is 8.80. The Hall–Kier alpha value is -2.16. The fourth-order valence-electron chi connectivity index (χ4n) is 2.20. The number of rotatable bonds is 11. The lowest BCUT2D eigenvalue weighted by molar-refractivity contribution is -0.142. The lowest BCUT2D eigenvalue weighted by atomic mass is 9.98. The molecule has 0 aromatic heterocycles.